The molecule has 0 saturated heterocycles. The molecule has 1 N–H and O–H groups in total. The molecule has 0 unspecified atom stereocenters. The fraction of sp³-hybridized carbons (Fsp3) is 0.500. The van der Waals surface area contributed by atoms with Crippen LogP contribution in [0.1, 0.15) is 24.0 Å². The Morgan fingerprint density at radius 2 is 2.20 bits per heavy atom. The van der Waals surface area contributed by atoms with Crippen molar-refractivity contribution >= 4 is 11.6 Å². The summed E-state index contributed by atoms with van der Waals surface area (Å²) < 4.78 is 0. The van der Waals surface area contributed by atoms with Crippen molar-refractivity contribution in [2.24, 2.45) is 0 Å². The fourth-order valence-corrected chi connectivity index (χ4v) is 2.33. The third-order valence-corrected chi connectivity index (χ3v) is 3.60. The normalized spacial score (nSPS) is 14.1. The van der Waals surface area contributed by atoms with Gasteiger partial charge in [-0.15, -0.1) is 0 Å². The Hall–Kier alpha value is -1.95. The molecule has 2 rings (SSSR count). The fourth-order valence-electron chi connectivity index (χ4n) is 2.33. The number of aliphatic hydroxyl groups is 1. The van der Waals surface area contributed by atoms with Crippen LogP contribution in [0.3, 0.4) is 0 Å². The van der Waals surface area contributed by atoms with Gasteiger partial charge in [0.15, 0.2) is 0 Å². The number of carbonyl (C=O) groups excluding carboxylic acids is 1. The highest BCUT2D eigenvalue weighted by atomic mass is 16.6. The number of carbonyl (C=O) groups is 1. The Bertz CT molecular complexity index is 526. The van der Waals surface area contributed by atoms with Gasteiger partial charge in [0.2, 0.25) is 5.91 Å². The van der Waals surface area contributed by atoms with Crippen LogP contribution in [0, 0.1) is 17.0 Å². The lowest BCUT2D eigenvalue weighted by atomic mass is 10.0. The minimum absolute atomic E-state index is 0.0374. The van der Waals surface area contributed by atoms with Crippen molar-refractivity contribution < 1.29 is 14.8 Å². The summed E-state index contributed by atoms with van der Waals surface area (Å²) in [6.45, 7) is 1.93. The molecule has 6 nitrogen and oxygen atoms in total. The monoisotopic (exact) mass is 278 g/mol. The van der Waals surface area contributed by atoms with Crippen molar-refractivity contribution in [1.82, 2.24) is 4.90 Å². The van der Waals surface area contributed by atoms with Gasteiger partial charge in [-0.3, -0.25) is 14.9 Å². The van der Waals surface area contributed by atoms with Crippen LogP contribution in [0.25, 0.3) is 0 Å². The number of nitro benzene ring substituents is 1. The van der Waals surface area contributed by atoms with Crippen molar-refractivity contribution in [3.63, 3.8) is 0 Å². The summed E-state index contributed by atoms with van der Waals surface area (Å²) >= 11 is 0. The highest BCUT2D eigenvalue weighted by Crippen LogP contribution is 2.28. The molecular weight excluding hydrogens is 260 g/mol. The van der Waals surface area contributed by atoms with E-state index in [1.54, 1.807) is 24.0 Å². The third-order valence-electron chi connectivity index (χ3n) is 3.60. The molecule has 0 radical (unpaired) electrons. The van der Waals surface area contributed by atoms with E-state index in [1.165, 1.54) is 6.07 Å². The number of nitrogens with zero attached hydrogens (tertiary/aromatic N) is 2. The molecule has 1 fully saturated rings. The summed E-state index contributed by atoms with van der Waals surface area (Å²) in [5.41, 5.74) is 1.24. The van der Waals surface area contributed by atoms with E-state index in [1.807, 2.05) is 0 Å². The second-order valence-electron chi connectivity index (χ2n) is 5.04. The first-order valence-electron chi connectivity index (χ1n) is 6.67. The first kappa shape index (κ1) is 14.5. The van der Waals surface area contributed by atoms with Crippen LogP contribution in [-0.4, -0.2) is 40.0 Å². The summed E-state index contributed by atoms with van der Waals surface area (Å²) in [6.07, 6.45) is 2.09. The maximum Gasteiger partial charge on any atom is 0.272 e. The first-order chi connectivity index (χ1) is 9.54. The van der Waals surface area contributed by atoms with E-state index < -0.39 is 4.92 Å². The molecule has 1 aromatic rings. The molecule has 0 bridgehead atoms. The summed E-state index contributed by atoms with van der Waals surface area (Å²) in [4.78, 5) is 24.4. The zero-order valence-corrected chi connectivity index (χ0v) is 11.4. The van der Waals surface area contributed by atoms with Gasteiger partial charge >= 0.3 is 0 Å². The smallest absolute Gasteiger partial charge is 0.272 e. The standard InChI is InChI=1S/C14H18N2O4/c1-10-11(3-2-4-13(10)16(19)20)9-14(18)15(7-8-17)12-5-6-12/h2-4,12,17H,5-9H2,1H3. The summed E-state index contributed by atoms with van der Waals surface area (Å²) in [6, 6.07) is 5.01. The molecule has 0 spiro atoms. The van der Waals surface area contributed by atoms with Crippen LogP contribution >= 0.6 is 0 Å². The van der Waals surface area contributed by atoms with Gasteiger partial charge in [-0.1, -0.05) is 12.1 Å². The molecule has 0 heterocycles. The van der Waals surface area contributed by atoms with E-state index in [9.17, 15) is 14.9 Å². The molecular formula is C14H18N2O4. The molecule has 20 heavy (non-hydrogen) atoms. The van der Waals surface area contributed by atoms with E-state index in [-0.39, 0.29) is 30.7 Å². The molecule has 108 valence electrons. The van der Waals surface area contributed by atoms with Crippen LogP contribution in [0.5, 0.6) is 0 Å². The van der Waals surface area contributed by atoms with E-state index in [4.69, 9.17) is 5.11 Å². The van der Waals surface area contributed by atoms with Gasteiger partial charge in [0.1, 0.15) is 0 Å². The van der Waals surface area contributed by atoms with Crippen LogP contribution < -0.4 is 0 Å². The summed E-state index contributed by atoms with van der Waals surface area (Å²) in [7, 11) is 0. The zero-order chi connectivity index (χ0) is 14.7. The molecule has 1 aliphatic carbocycles. The van der Waals surface area contributed by atoms with Gasteiger partial charge in [-0.25, -0.2) is 0 Å². The molecule has 0 aliphatic heterocycles. The predicted octanol–water partition coefficient (Wildman–Crippen LogP) is 1.43. The zero-order valence-electron chi connectivity index (χ0n) is 11.4. The maximum atomic E-state index is 12.3. The topological polar surface area (TPSA) is 83.7 Å². The molecule has 0 aromatic heterocycles. The molecule has 1 amide bonds. The van der Waals surface area contributed by atoms with Crippen molar-refractivity contribution in [2.45, 2.75) is 32.2 Å². The number of rotatable bonds is 6. The van der Waals surface area contributed by atoms with E-state index in [0.717, 1.165) is 12.8 Å². The largest absolute Gasteiger partial charge is 0.395 e. The van der Waals surface area contributed by atoms with Gasteiger partial charge in [0.25, 0.3) is 5.69 Å². The Balaban J connectivity index is 2.14. The molecule has 1 saturated carbocycles. The molecule has 0 atom stereocenters. The minimum Gasteiger partial charge on any atom is -0.395 e. The van der Waals surface area contributed by atoms with Crippen LogP contribution in [0.2, 0.25) is 0 Å². The van der Waals surface area contributed by atoms with Gasteiger partial charge in [0, 0.05) is 24.2 Å². The lowest BCUT2D eigenvalue weighted by molar-refractivity contribution is -0.385. The maximum absolute atomic E-state index is 12.3. The second kappa shape index (κ2) is 6.00. The van der Waals surface area contributed by atoms with Crippen molar-refractivity contribution in [3.05, 3.63) is 39.4 Å². The highest BCUT2D eigenvalue weighted by molar-refractivity contribution is 5.80. The first-order valence-corrected chi connectivity index (χ1v) is 6.67. The average Bonchev–Trinajstić information content (AvgIpc) is 3.22. The lowest BCUT2D eigenvalue weighted by Gasteiger charge is -2.21. The highest BCUT2D eigenvalue weighted by Gasteiger charge is 2.32. The summed E-state index contributed by atoms with van der Waals surface area (Å²) in [5.74, 6) is -0.0786. The Labute approximate surface area is 117 Å². The van der Waals surface area contributed by atoms with Gasteiger partial charge in [-0.05, 0) is 25.3 Å². The average molecular weight is 278 g/mol. The van der Waals surface area contributed by atoms with Gasteiger partial charge in [0.05, 0.1) is 18.0 Å². The lowest BCUT2D eigenvalue weighted by Crippen LogP contribution is -2.36. The summed E-state index contributed by atoms with van der Waals surface area (Å²) in [5, 5.41) is 19.9. The van der Waals surface area contributed by atoms with E-state index >= 15 is 0 Å². The van der Waals surface area contributed by atoms with Gasteiger partial charge in [-0.2, -0.15) is 0 Å². The molecule has 6 heteroatoms. The van der Waals surface area contributed by atoms with Crippen molar-refractivity contribution in [3.8, 4) is 0 Å². The number of amides is 1. The number of aliphatic hydroxyl groups excluding tert-OH is 1. The Kier molecular flexibility index (Phi) is 4.34. The van der Waals surface area contributed by atoms with Crippen LogP contribution in [0.4, 0.5) is 5.69 Å². The second-order valence-corrected chi connectivity index (χ2v) is 5.04. The van der Waals surface area contributed by atoms with E-state index in [2.05, 4.69) is 0 Å². The van der Waals surface area contributed by atoms with Crippen molar-refractivity contribution in [2.75, 3.05) is 13.2 Å². The van der Waals surface area contributed by atoms with Gasteiger partial charge < -0.3 is 10.0 Å². The third kappa shape index (κ3) is 3.14. The molecule has 1 aromatic carbocycles. The molecule has 1 aliphatic rings. The Morgan fingerprint density at radius 3 is 2.75 bits per heavy atom. The predicted molar refractivity (Wildman–Crippen MR) is 73.4 cm³/mol. The number of nitro groups is 1. The number of benzene rings is 1. The quantitative estimate of drug-likeness (QED) is 0.630. The SMILES string of the molecule is Cc1c(CC(=O)N(CCO)C2CC2)cccc1[N+](=O)[O-]. The number of hydrogen-bond acceptors (Lipinski definition) is 4. The number of hydrogen-bond donors (Lipinski definition) is 1. The Morgan fingerprint density at radius 1 is 1.50 bits per heavy atom. The van der Waals surface area contributed by atoms with Crippen molar-refractivity contribution in [1.29, 1.82) is 0 Å². The van der Waals surface area contributed by atoms with Crippen LogP contribution in [0.15, 0.2) is 18.2 Å². The van der Waals surface area contributed by atoms with E-state index in [0.29, 0.717) is 17.7 Å². The minimum atomic E-state index is -0.435. The van der Waals surface area contributed by atoms with Crippen LogP contribution in [-0.2, 0) is 11.2 Å².